The normalized spacial score (nSPS) is 13.9. The summed E-state index contributed by atoms with van der Waals surface area (Å²) in [4.78, 5) is 19.1. The van der Waals surface area contributed by atoms with Crippen molar-refractivity contribution < 1.29 is 9.53 Å². The second kappa shape index (κ2) is 4.42. The molecule has 0 spiro atoms. The van der Waals surface area contributed by atoms with Crippen molar-refractivity contribution >= 4 is 22.9 Å². The van der Waals surface area contributed by atoms with Crippen LogP contribution in [-0.4, -0.2) is 24.0 Å². The summed E-state index contributed by atoms with van der Waals surface area (Å²) in [6.07, 6.45) is 0. The summed E-state index contributed by atoms with van der Waals surface area (Å²) < 4.78 is 5.55. The highest BCUT2D eigenvalue weighted by Crippen LogP contribution is 2.32. The molecular formula is C13H12N2O2S. The van der Waals surface area contributed by atoms with Crippen LogP contribution >= 0.6 is 11.3 Å². The summed E-state index contributed by atoms with van der Waals surface area (Å²) in [6.45, 7) is 2.96. The smallest absolute Gasteiger partial charge is 0.270 e. The predicted molar refractivity (Wildman–Crippen MR) is 70.5 cm³/mol. The molecule has 0 saturated carbocycles. The van der Waals surface area contributed by atoms with Crippen LogP contribution in [0.1, 0.15) is 15.4 Å². The monoisotopic (exact) mass is 260 g/mol. The molecule has 5 heteroatoms. The Bertz CT molecular complexity index is 594. The zero-order valence-electron chi connectivity index (χ0n) is 9.92. The van der Waals surface area contributed by atoms with Crippen LogP contribution in [0.25, 0.3) is 0 Å². The van der Waals surface area contributed by atoms with Gasteiger partial charge in [0.05, 0.1) is 23.4 Å². The molecule has 0 bridgehead atoms. The number of hydrogen-bond acceptors (Lipinski definition) is 4. The van der Waals surface area contributed by atoms with Crippen molar-refractivity contribution in [1.82, 2.24) is 4.98 Å². The summed E-state index contributed by atoms with van der Waals surface area (Å²) >= 11 is 1.38. The highest BCUT2D eigenvalue weighted by molar-refractivity contribution is 7.12. The number of fused-ring (bicyclic) bond motifs is 1. The Hall–Kier alpha value is -1.88. The van der Waals surface area contributed by atoms with Crippen molar-refractivity contribution in [3.05, 3.63) is 40.3 Å². The molecule has 2 heterocycles. The Labute approximate surface area is 109 Å². The maximum absolute atomic E-state index is 12.5. The lowest BCUT2D eigenvalue weighted by Gasteiger charge is -2.29. The number of ether oxygens (including phenoxy) is 1. The summed E-state index contributed by atoms with van der Waals surface area (Å²) in [5.41, 5.74) is 3.32. The van der Waals surface area contributed by atoms with E-state index in [1.807, 2.05) is 31.2 Å². The van der Waals surface area contributed by atoms with Gasteiger partial charge in [-0.25, -0.2) is 4.98 Å². The van der Waals surface area contributed by atoms with Gasteiger partial charge in [-0.15, -0.1) is 11.3 Å². The van der Waals surface area contributed by atoms with Crippen LogP contribution in [-0.2, 0) is 0 Å². The van der Waals surface area contributed by atoms with Crippen molar-refractivity contribution in [3.63, 3.8) is 0 Å². The fourth-order valence-corrected chi connectivity index (χ4v) is 2.76. The van der Waals surface area contributed by atoms with Crippen LogP contribution in [0.15, 0.2) is 29.8 Å². The average molecular weight is 260 g/mol. The van der Waals surface area contributed by atoms with Gasteiger partial charge in [0.15, 0.2) is 0 Å². The number of aryl methyl sites for hydroxylation is 1. The SMILES string of the molecule is Cc1ncsc1C(=O)N1CCOc2ccccc21. The minimum atomic E-state index is 0.00532. The highest BCUT2D eigenvalue weighted by atomic mass is 32.1. The van der Waals surface area contributed by atoms with Crippen LogP contribution < -0.4 is 9.64 Å². The van der Waals surface area contributed by atoms with Gasteiger partial charge < -0.3 is 9.64 Å². The lowest BCUT2D eigenvalue weighted by Crippen LogP contribution is -2.37. The molecule has 2 aromatic rings. The quantitative estimate of drug-likeness (QED) is 0.791. The fraction of sp³-hybridized carbons (Fsp3) is 0.231. The molecular weight excluding hydrogens is 248 g/mol. The molecule has 0 N–H and O–H groups in total. The predicted octanol–water partition coefficient (Wildman–Crippen LogP) is 2.49. The molecule has 1 aliphatic rings. The Morgan fingerprint density at radius 1 is 1.44 bits per heavy atom. The topological polar surface area (TPSA) is 42.4 Å². The third-order valence-corrected chi connectivity index (χ3v) is 3.83. The zero-order valence-corrected chi connectivity index (χ0v) is 10.7. The van der Waals surface area contributed by atoms with Gasteiger partial charge in [-0.05, 0) is 19.1 Å². The molecule has 0 atom stereocenters. The second-order valence-corrected chi connectivity index (χ2v) is 4.89. The maximum atomic E-state index is 12.5. The Morgan fingerprint density at radius 3 is 3.06 bits per heavy atom. The van der Waals surface area contributed by atoms with Gasteiger partial charge in [-0.1, -0.05) is 12.1 Å². The molecule has 18 heavy (non-hydrogen) atoms. The Morgan fingerprint density at radius 2 is 2.28 bits per heavy atom. The second-order valence-electron chi connectivity index (χ2n) is 4.04. The van der Waals surface area contributed by atoms with E-state index in [-0.39, 0.29) is 5.91 Å². The number of carbonyl (C=O) groups excluding carboxylic acids is 1. The number of nitrogens with zero attached hydrogens (tertiary/aromatic N) is 2. The van der Waals surface area contributed by atoms with Gasteiger partial charge in [-0.3, -0.25) is 4.79 Å². The number of amides is 1. The van der Waals surface area contributed by atoms with Gasteiger partial charge in [0.2, 0.25) is 0 Å². The van der Waals surface area contributed by atoms with E-state index in [0.717, 1.165) is 17.1 Å². The molecule has 0 fully saturated rings. The molecule has 0 aliphatic carbocycles. The van der Waals surface area contributed by atoms with Crippen LogP contribution in [0.4, 0.5) is 5.69 Å². The lowest BCUT2D eigenvalue weighted by molar-refractivity contribution is 0.0979. The van der Waals surface area contributed by atoms with Crippen molar-refractivity contribution in [2.24, 2.45) is 0 Å². The molecule has 0 saturated heterocycles. The summed E-state index contributed by atoms with van der Waals surface area (Å²) in [6, 6.07) is 7.61. The molecule has 1 aromatic carbocycles. The molecule has 1 aliphatic heterocycles. The van der Waals surface area contributed by atoms with Gasteiger partial charge >= 0.3 is 0 Å². The number of thiazole rings is 1. The summed E-state index contributed by atoms with van der Waals surface area (Å²) in [7, 11) is 0. The average Bonchev–Trinajstić information content (AvgIpc) is 2.83. The number of benzene rings is 1. The van der Waals surface area contributed by atoms with Gasteiger partial charge in [-0.2, -0.15) is 0 Å². The van der Waals surface area contributed by atoms with Crippen LogP contribution in [0.3, 0.4) is 0 Å². The first kappa shape index (κ1) is 11.2. The van der Waals surface area contributed by atoms with E-state index < -0.39 is 0 Å². The number of aromatic nitrogens is 1. The van der Waals surface area contributed by atoms with E-state index in [9.17, 15) is 4.79 Å². The first-order chi connectivity index (χ1) is 8.77. The zero-order chi connectivity index (χ0) is 12.5. The number of rotatable bonds is 1. The molecule has 4 nitrogen and oxygen atoms in total. The molecule has 1 aromatic heterocycles. The maximum Gasteiger partial charge on any atom is 0.270 e. The van der Waals surface area contributed by atoms with Gasteiger partial charge in [0.1, 0.15) is 17.2 Å². The largest absolute Gasteiger partial charge is 0.490 e. The minimum Gasteiger partial charge on any atom is -0.490 e. The highest BCUT2D eigenvalue weighted by Gasteiger charge is 2.26. The van der Waals surface area contributed by atoms with E-state index in [0.29, 0.717) is 18.0 Å². The summed E-state index contributed by atoms with van der Waals surface area (Å²) in [5, 5.41) is 0. The third kappa shape index (κ3) is 1.76. The van der Waals surface area contributed by atoms with Crippen molar-refractivity contribution in [2.45, 2.75) is 6.92 Å². The number of hydrogen-bond donors (Lipinski definition) is 0. The third-order valence-electron chi connectivity index (χ3n) is 2.91. The number of anilines is 1. The van der Waals surface area contributed by atoms with Crippen molar-refractivity contribution in [2.75, 3.05) is 18.1 Å². The van der Waals surface area contributed by atoms with Crippen molar-refractivity contribution in [1.29, 1.82) is 0 Å². The molecule has 92 valence electrons. The van der Waals surface area contributed by atoms with Gasteiger partial charge in [0.25, 0.3) is 5.91 Å². The van der Waals surface area contributed by atoms with Crippen molar-refractivity contribution in [3.8, 4) is 5.75 Å². The molecule has 1 amide bonds. The van der Waals surface area contributed by atoms with E-state index >= 15 is 0 Å². The molecule has 0 unspecified atom stereocenters. The standard InChI is InChI=1S/C13H12N2O2S/c1-9-12(18-8-14-9)13(16)15-6-7-17-11-5-3-2-4-10(11)15/h2-5,8H,6-7H2,1H3. The van der Waals surface area contributed by atoms with Gasteiger partial charge in [0, 0.05) is 0 Å². The van der Waals surface area contributed by atoms with Crippen LogP contribution in [0.5, 0.6) is 5.75 Å². The van der Waals surface area contributed by atoms with E-state index in [2.05, 4.69) is 4.98 Å². The Balaban J connectivity index is 2.00. The first-order valence-corrected chi connectivity index (χ1v) is 6.59. The Kier molecular flexibility index (Phi) is 2.76. The van der Waals surface area contributed by atoms with Crippen LogP contribution in [0.2, 0.25) is 0 Å². The fourth-order valence-electron chi connectivity index (χ4n) is 2.01. The number of carbonyl (C=O) groups is 1. The molecule has 3 rings (SSSR count). The van der Waals surface area contributed by atoms with E-state index in [1.54, 1.807) is 10.4 Å². The van der Waals surface area contributed by atoms with Crippen LogP contribution in [0, 0.1) is 6.92 Å². The minimum absolute atomic E-state index is 0.00532. The van der Waals surface area contributed by atoms with E-state index in [1.165, 1.54) is 11.3 Å². The number of para-hydroxylation sites is 2. The lowest BCUT2D eigenvalue weighted by atomic mass is 10.2. The summed E-state index contributed by atoms with van der Waals surface area (Å²) in [5.74, 6) is 0.769. The molecule has 0 radical (unpaired) electrons. The first-order valence-electron chi connectivity index (χ1n) is 5.71. The van der Waals surface area contributed by atoms with E-state index in [4.69, 9.17) is 4.74 Å².